The average Bonchev–Trinajstić information content (AvgIpc) is 2.87. The van der Waals surface area contributed by atoms with Gasteiger partial charge in [0.15, 0.2) is 5.05 Å². The summed E-state index contributed by atoms with van der Waals surface area (Å²) in [5.74, 6) is -0.245. The first-order valence-corrected chi connectivity index (χ1v) is 28.3. The number of alkyl halides is 3. The van der Waals surface area contributed by atoms with Crippen LogP contribution in [-0.4, -0.2) is 53.3 Å². The number of carbonyl (C=O) groups is 1. The zero-order valence-electron chi connectivity index (χ0n) is 19.7. The van der Waals surface area contributed by atoms with E-state index in [0.29, 0.717) is 19.2 Å². The molecule has 0 saturated carbocycles. The van der Waals surface area contributed by atoms with Gasteiger partial charge in [-0.2, -0.15) is 8.78 Å². The van der Waals surface area contributed by atoms with E-state index in [0.717, 1.165) is 7.11 Å². The van der Waals surface area contributed by atoms with Gasteiger partial charge in [0.05, 0.1) is 21.4 Å². The fraction of sp³-hybridized carbons (Fsp3) is 0.818. The SMILES string of the molecule is C.CF.COC(C)(F)F.COC(C)=O.COC(C)=S.S=S=S=S=S=S=S=S=S=S=S=S=S=S=S=S.[B]=NS. The van der Waals surface area contributed by atoms with Gasteiger partial charge in [-0.05, 0) is 12.2 Å². The topological polar surface area (TPSA) is 57.1 Å². The van der Waals surface area contributed by atoms with Gasteiger partial charge < -0.3 is 14.2 Å². The summed E-state index contributed by atoms with van der Waals surface area (Å²) in [6.45, 7) is 3.78. The number of halogens is 3. The Morgan fingerprint density at radius 3 is 1.03 bits per heavy atom. The monoisotopic (exact) mass is 880 g/mol. The Morgan fingerprint density at radius 2 is 0.947 bits per heavy atom. The van der Waals surface area contributed by atoms with E-state index >= 15 is 0 Å². The number of carbonyl (C=O) groups excluding carboxylic acids is 1. The summed E-state index contributed by atoms with van der Waals surface area (Å²) in [4.78, 5) is 9.59. The number of methoxy groups -OCH3 is 3. The fourth-order valence-electron chi connectivity index (χ4n) is 0.136. The number of thiol groups is 1. The molecule has 1 radical (unpaired) electrons. The third kappa shape index (κ3) is 107. The van der Waals surface area contributed by atoms with Crippen molar-refractivity contribution in [2.75, 3.05) is 28.5 Å². The fourth-order valence-corrected chi connectivity index (χ4v) is 33.1. The van der Waals surface area contributed by atoms with E-state index in [1.165, 1.54) is 31.8 Å². The van der Waals surface area contributed by atoms with Crippen LogP contribution in [0.15, 0.2) is 4.30 Å². The molecule has 0 spiro atoms. The van der Waals surface area contributed by atoms with Gasteiger partial charge in [-0.1, -0.05) is 7.43 Å². The molecule has 231 valence electrons. The van der Waals surface area contributed by atoms with Gasteiger partial charge in [-0.3, -0.25) is 9.18 Å². The summed E-state index contributed by atoms with van der Waals surface area (Å²) in [5, 5.41) is 0.588. The first-order valence-electron chi connectivity index (χ1n) is 7.46. The second-order valence-electron chi connectivity index (χ2n) is 3.47. The molecule has 0 bridgehead atoms. The molecule has 38 heavy (non-hydrogen) atoms. The van der Waals surface area contributed by atoms with Crippen LogP contribution in [0.2, 0.25) is 0 Å². The molecular weight excluding hydrogens is 855 g/mol. The summed E-state index contributed by atoms with van der Waals surface area (Å²) in [5.41, 5.74) is 0. The number of hydrogen-bond donors (Lipinski definition) is 1. The molecule has 0 unspecified atom stereocenters. The number of nitrogens with zero attached hydrogens (tertiary/aromatic N) is 1. The molecule has 0 atom stereocenters. The third-order valence-corrected chi connectivity index (χ3v) is 30.4. The first-order chi connectivity index (χ1) is 17.4. The first kappa shape index (κ1) is 56.6. The molecular formula is C11H26BF3NO4S18. The van der Waals surface area contributed by atoms with E-state index in [2.05, 4.69) is 51.2 Å². The predicted molar refractivity (Wildman–Crippen MR) is 209 cm³/mol. The summed E-state index contributed by atoms with van der Waals surface area (Å²) in [6.07, 6.45) is -2.96. The molecule has 0 heterocycles. The van der Waals surface area contributed by atoms with E-state index in [4.69, 9.17) is 22.4 Å². The molecule has 0 aromatic heterocycles. The number of ether oxygens (including phenoxy) is 3. The van der Waals surface area contributed by atoms with Crippen molar-refractivity contribution >= 4 is 190 Å². The Hall–Kier alpha value is 2.84. The van der Waals surface area contributed by atoms with Crippen molar-refractivity contribution < 1.29 is 32.2 Å². The van der Waals surface area contributed by atoms with Crippen molar-refractivity contribution in [1.29, 1.82) is 0 Å². The summed E-state index contributed by atoms with van der Waals surface area (Å²) in [7, 11) is 32.2. The molecule has 0 aliphatic rings. The van der Waals surface area contributed by atoms with Crippen molar-refractivity contribution in [3.63, 3.8) is 0 Å². The van der Waals surface area contributed by atoms with Crippen LogP contribution in [0.4, 0.5) is 13.2 Å². The number of rotatable bonds is 1. The zero-order valence-corrected chi connectivity index (χ0v) is 34.5. The van der Waals surface area contributed by atoms with Crippen LogP contribution in [0.3, 0.4) is 0 Å². The molecule has 5 nitrogen and oxygen atoms in total. The van der Waals surface area contributed by atoms with Gasteiger partial charge in [-0.15, -0.1) is 0 Å². The molecule has 0 amide bonds. The molecule has 0 N–H and O–H groups in total. The van der Waals surface area contributed by atoms with E-state index in [1.54, 1.807) is 121 Å². The molecule has 0 saturated heterocycles. The van der Waals surface area contributed by atoms with Gasteiger partial charge in [0.2, 0.25) is 0 Å². The second kappa shape index (κ2) is 55.7. The average molecular weight is 881 g/mol. The van der Waals surface area contributed by atoms with Gasteiger partial charge in [0.25, 0.3) is 0 Å². The van der Waals surface area contributed by atoms with Crippen LogP contribution < -0.4 is 0 Å². The van der Waals surface area contributed by atoms with Crippen LogP contribution in [-0.2, 0) is 166 Å². The quantitative estimate of drug-likeness (QED) is 0.187. The number of hydrogen-bond acceptors (Lipinski definition) is 9. The predicted octanol–water partition coefficient (Wildman–Crippen LogP) is 3.77. The Bertz CT molecular complexity index is 1110. The second-order valence-corrected chi connectivity index (χ2v) is 29.0. The third-order valence-electron chi connectivity index (χ3n) is 1.29. The van der Waals surface area contributed by atoms with Gasteiger partial charge >= 0.3 is 36.8 Å². The molecule has 0 aromatic rings. The molecule has 0 aromatic carbocycles. The van der Waals surface area contributed by atoms with Gasteiger partial charge in [0, 0.05) is 175 Å². The Labute approximate surface area is 285 Å². The maximum atomic E-state index is 11.2. The van der Waals surface area contributed by atoms with E-state index in [1.807, 2.05) is 0 Å². The molecule has 0 aliphatic carbocycles. The maximum absolute atomic E-state index is 11.2. The Kier molecular flexibility index (Phi) is 83.0. The van der Waals surface area contributed by atoms with Crippen molar-refractivity contribution in [2.45, 2.75) is 34.3 Å². The van der Waals surface area contributed by atoms with Crippen LogP contribution in [0.1, 0.15) is 28.2 Å². The number of thiocarbonyl (C=S) groups is 1. The van der Waals surface area contributed by atoms with Crippen molar-refractivity contribution in [1.82, 2.24) is 0 Å². The molecule has 0 aliphatic heterocycles. The Balaban J connectivity index is -0.0000000723. The minimum atomic E-state index is -2.96. The molecule has 0 fully saturated rings. The van der Waals surface area contributed by atoms with Crippen LogP contribution >= 0.6 is 25.0 Å². The van der Waals surface area contributed by atoms with Crippen molar-refractivity contribution in [3.05, 3.63) is 0 Å². The summed E-state index contributed by atoms with van der Waals surface area (Å²) in [6, 6.07) is 0. The van der Waals surface area contributed by atoms with Crippen LogP contribution in [0.25, 0.3) is 0 Å². The Morgan fingerprint density at radius 1 is 0.789 bits per heavy atom. The van der Waals surface area contributed by atoms with E-state index < -0.39 is 6.11 Å². The van der Waals surface area contributed by atoms with Crippen LogP contribution in [0.5, 0.6) is 0 Å². The normalized spacial score (nSPS) is 7.21. The summed E-state index contributed by atoms with van der Waals surface area (Å²) >= 11 is 17.1. The van der Waals surface area contributed by atoms with Crippen LogP contribution in [0, 0.1) is 0 Å². The molecule has 0 rings (SSSR count). The van der Waals surface area contributed by atoms with Gasteiger partial charge in [0.1, 0.15) is 0 Å². The molecule has 27 heteroatoms. The summed E-state index contributed by atoms with van der Waals surface area (Å²) < 4.78 is 46.8. The van der Waals surface area contributed by atoms with Crippen molar-refractivity contribution in [2.24, 2.45) is 4.30 Å². The standard InChI is InChI=1S/C3H6F2O.C3H6O2.C3H6OS.CH3F.CH4.BHNS.S16/c1-3(4,5)6-2;1-3(4)5-2;1-3(5)4-2;1-2;;1-2-3;1-3-5-7-9-11-13-15-16-14-12-10-8-6-4-2/h1-2H3;2*1-2H3;1H3;1H4;3H;. The number of esters is 1. The van der Waals surface area contributed by atoms with E-state index in [-0.39, 0.29) is 13.4 Å². The zero-order chi connectivity index (χ0) is 30.4. The van der Waals surface area contributed by atoms with E-state index in [9.17, 15) is 18.0 Å². The van der Waals surface area contributed by atoms with Crippen molar-refractivity contribution in [3.8, 4) is 0 Å². The minimum absolute atomic E-state index is 0. The van der Waals surface area contributed by atoms with Gasteiger partial charge in [-0.25, -0.2) is 0 Å².